The van der Waals surface area contributed by atoms with Crippen LogP contribution in [-0.2, 0) is 4.79 Å². The standard InChI is InChI=1S/C22H32O2/c1-6-20(4)9-10-21(5)11(2)14-15-13(23)7-8-22(12(3)19(20)24)17(15)16(14)18(21)22/h6,11-12,14-19,24H,1,7-10H2,2-5H3/t11-,12+,14?,15?,16-,17?,18+,19+,20-,21-,22+/m1/s1. The quantitative estimate of drug-likeness (QED) is 0.736. The fraction of sp³-hybridized carbons (Fsp3) is 0.864. The summed E-state index contributed by atoms with van der Waals surface area (Å²) in [6.45, 7) is 13.5. The highest BCUT2D eigenvalue weighted by Gasteiger charge is 2.85. The molecule has 1 spiro atoms. The zero-order valence-electron chi connectivity index (χ0n) is 15.6. The summed E-state index contributed by atoms with van der Waals surface area (Å²) in [4.78, 5) is 12.7. The second-order valence-electron chi connectivity index (χ2n) is 10.5. The number of rotatable bonds is 1. The van der Waals surface area contributed by atoms with Gasteiger partial charge in [0.2, 0.25) is 0 Å². The highest BCUT2D eigenvalue weighted by atomic mass is 16.3. The maximum atomic E-state index is 12.7. The largest absolute Gasteiger partial charge is 0.392 e. The van der Waals surface area contributed by atoms with Gasteiger partial charge < -0.3 is 5.11 Å². The van der Waals surface area contributed by atoms with Gasteiger partial charge in [-0.25, -0.2) is 0 Å². The molecule has 5 rings (SSSR count). The van der Waals surface area contributed by atoms with Crippen LogP contribution in [-0.4, -0.2) is 17.0 Å². The highest BCUT2D eigenvalue weighted by molar-refractivity contribution is 5.85. The van der Waals surface area contributed by atoms with Crippen LogP contribution in [0.5, 0.6) is 0 Å². The van der Waals surface area contributed by atoms with Crippen molar-refractivity contribution in [2.45, 2.75) is 59.5 Å². The van der Waals surface area contributed by atoms with E-state index >= 15 is 0 Å². The number of aliphatic hydroxyl groups excluding tert-OH is 1. The summed E-state index contributed by atoms with van der Waals surface area (Å²) in [5.74, 6) is 4.51. The molecule has 0 heterocycles. The third-order valence-corrected chi connectivity index (χ3v) is 10.4. The van der Waals surface area contributed by atoms with Crippen molar-refractivity contribution >= 4 is 5.78 Å². The summed E-state index contributed by atoms with van der Waals surface area (Å²) in [5, 5.41) is 11.3. The molecule has 0 aromatic carbocycles. The number of aliphatic hydroxyl groups is 1. The first-order chi connectivity index (χ1) is 11.2. The second kappa shape index (κ2) is 4.19. The maximum absolute atomic E-state index is 12.7. The predicted molar refractivity (Wildman–Crippen MR) is 94.1 cm³/mol. The van der Waals surface area contributed by atoms with E-state index in [0.717, 1.165) is 31.1 Å². The van der Waals surface area contributed by atoms with Gasteiger partial charge in [0.1, 0.15) is 5.78 Å². The van der Waals surface area contributed by atoms with Crippen LogP contribution in [0.15, 0.2) is 12.7 Å². The summed E-state index contributed by atoms with van der Waals surface area (Å²) < 4.78 is 0. The molecule has 0 radical (unpaired) electrons. The van der Waals surface area contributed by atoms with Crippen molar-refractivity contribution in [3.8, 4) is 0 Å². The molecule has 132 valence electrons. The van der Waals surface area contributed by atoms with Crippen LogP contribution >= 0.6 is 0 Å². The lowest BCUT2D eigenvalue weighted by Gasteiger charge is -2.77. The van der Waals surface area contributed by atoms with Gasteiger partial charge in [-0.2, -0.15) is 0 Å². The first kappa shape index (κ1) is 15.6. The molecule has 5 fully saturated rings. The summed E-state index contributed by atoms with van der Waals surface area (Å²) >= 11 is 0. The third kappa shape index (κ3) is 1.28. The van der Waals surface area contributed by atoms with Crippen LogP contribution in [0.3, 0.4) is 0 Å². The monoisotopic (exact) mass is 328 g/mol. The van der Waals surface area contributed by atoms with Gasteiger partial charge in [0.05, 0.1) is 6.10 Å². The number of carbonyl (C=O) groups is 1. The van der Waals surface area contributed by atoms with E-state index in [1.54, 1.807) is 0 Å². The van der Waals surface area contributed by atoms with Crippen LogP contribution < -0.4 is 0 Å². The van der Waals surface area contributed by atoms with E-state index in [1.807, 2.05) is 6.08 Å². The van der Waals surface area contributed by atoms with Crippen LogP contribution in [0.25, 0.3) is 0 Å². The van der Waals surface area contributed by atoms with E-state index < -0.39 is 0 Å². The Balaban J connectivity index is 1.69. The molecule has 0 aromatic heterocycles. The van der Waals surface area contributed by atoms with E-state index in [1.165, 1.54) is 6.42 Å². The molecule has 5 saturated carbocycles. The molecule has 1 N–H and O–H groups in total. The van der Waals surface area contributed by atoms with Crippen molar-refractivity contribution in [2.24, 2.45) is 57.7 Å². The normalized spacial score (nSPS) is 66.6. The third-order valence-electron chi connectivity index (χ3n) is 10.4. The van der Waals surface area contributed by atoms with Crippen molar-refractivity contribution in [3.05, 3.63) is 12.7 Å². The van der Waals surface area contributed by atoms with Gasteiger partial charge in [-0.05, 0) is 65.6 Å². The Morgan fingerprint density at radius 3 is 2.50 bits per heavy atom. The topological polar surface area (TPSA) is 37.3 Å². The predicted octanol–water partition coefficient (Wildman–Crippen LogP) is 4.08. The Hall–Kier alpha value is -0.630. The Morgan fingerprint density at radius 2 is 1.83 bits per heavy atom. The van der Waals surface area contributed by atoms with Crippen molar-refractivity contribution in [1.29, 1.82) is 0 Å². The highest BCUT2D eigenvalue weighted by Crippen LogP contribution is 2.88. The van der Waals surface area contributed by atoms with Crippen molar-refractivity contribution in [2.75, 3.05) is 0 Å². The molecule has 2 heteroatoms. The average molecular weight is 328 g/mol. The lowest BCUT2D eigenvalue weighted by Crippen LogP contribution is -2.76. The van der Waals surface area contributed by atoms with Gasteiger partial charge in [0.15, 0.2) is 0 Å². The fourth-order valence-electron chi connectivity index (χ4n) is 9.02. The lowest BCUT2D eigenvalue weighted by atomic mass is 9.26. The van der Waals surface area contributed by atoms with Gasteiger partial charge in [0, 0.05) is 17.8 Å². The van der Waals surface area contributed by atoms with Gasteiger partial charge in [0.25, 0.3) is 0 Å². The lowest BCUT2D eigenvalue weighted by molar-refractivity contribution is -0.300. The van der Waals surface area contributed by atoms with Gasteiger partial charge in [-0.15, -0.1) is 6.58 Å². The van der Waals surface area contributed by atoms with Crippen molar-refractivity contribution in [3.63, 3.8) is 0 Å². The summed E-state index contributed by atoms with van der Waals surface area (Å²) in [5.41, 5.74) is 0.351. The molecule has 3 unspecified atom stereocenters. The Kier molecular flexibility index (Phi) is 2.73. The average Bonchev–Trinajstić information content (AvgIpc) is 2.65. The fourth-order valence-corrected chi connectivity index (χ4v) is 9.02. The minimum absolute atomic E-state index is 0.198. The zero-order valence-corrected chi connectivity index (χ0v) is 15.6. The summed E-state index contributed by atoms with van der Waals surface area (Å²) in [7, 11) is 0. The number of carbonyl (C=O) groups excluding carboxylic acids is 1. The molecule has 0 aliphatic heterocycles. The molecule has 5 aliphatic rings. The van der Waals surface area contributed by atoms with Crippen molar-refractivity contribution < 1.29 is 9.90 Å². The Bertz CT molecular complexity index is 640. The Labute approximate surface area is 146 Å². The van der Waals surface area contributed by atoms with Gasteiger partial charge >= 0.3 is 0 Å². The number of hydrogen-bond acceptors (Lipinski definition) is 2. The summed E-state index contributed by atoms with van der Waals surface area (Å²) in [6.07, 6.45) is 5.66. The maximum Gasteiger partial charge on any atom is 0.136 e. The number of fused-ring (bicyclic) bond motifs is 1. The molecule has 0 amide bonds. The summed E-state index contributed by atoms with van der Waals surface area (Å²) in [6, 6.07) is 0. The smallest absolute Gasteiger partial charge is 0.136 e. The molecule has 24 heavy (non-hydrogen) atoms. The van der Waals surface area contributed by atoms with Crippen LogP contribution in [0, 0.1) is 57.7 Å². The minimum Gasteiger partial charge on any atom is -0.392 e. The molecule has 0 saturated heterocycles. The molecule has 5 aliphatic carbocycles. The van der Waals surface area contributed by atoms with Crippen molar-refractivity contribution in [1.82, 2.24) is 0 Å². The van der Waals surface area contributed by atoms with Crippen LogP contribution in [0.1, 0.15) is 53.4 Å². The van der Waals surface area contributed by atoms with E-state index in [9.17, 15) is 9.90 Å². The molecular formula is C22H32O2. The molecular weight excluding hydrogens is 296 g/mol. The zero-order chi connectivity index (χ0) is 17.2. The molecule has 2 nitrogen and oxygen atoms in total. The van der Waals surface area contributed by atoms with Gasteiger partial charge in [-0.3, -0.25) is 4.79 Å². The van der Waals surface area contributed by atoms with Crippen LogP contribution in [0.4, 0.5) is 0 Å². The van der Waals surface area contributed by atoms with E-state index in [0.29, 0.717) is 34.9 Å². The SMILES string of the molecule is C=C[C@]1(C)CC[C@]2(C)[C@H](C)C3C4C(=O)CC[C@@]5(C4[C@@H]3[C@@H]25)[C@@H](C)[C@@H]1O. The molecule has 11 atom stereocenters. The van der Waals surface area contributed by atoms with E-state index in [2.05, 4.69) is 34.3 Å². The van der Waals surface area contributed by atoms with Crippen LogP contribution in [0.2, 0.25) is 0 Å². The second-order valence-corrected chi connectivity index (χ2v) is 10.5. The molecule has 0 bridgehead atoms. The Morgan fingerprint density at radius 1 is 1.12 bits per heavy atom. The van der Waals surface area contributed by atoms with E-state index in [4.69, 9.17) is 0 Å². The first-order valence-electron chi connectivity index (χ1n) is 10.1. The number of ketones is 1. The first-order valence-corrected chi connectivity index (χ1v) is 10.1. The number of hydrogen-bond donors (Lipinski definition) is 1. The number of Topliss-reactive ketones (excluding diaryl/α,β-unsaturated/α-hetero) is 1. The molecule has 0 aromatic rings. The minimum atomic E-state index is -0.329. The van der Waals surface area contributed by atoms with Gasteiger partial charge in [-0.1, -0.05) is 33.8 Å². The van der Waals surface area contributed by atoms with E-state index in [-0.39, 0.29) is 22.9 Å².